The van der Waals surface area contributed by atoms with E-state index in [4.69, 9.17) is 5.26 Å². The van der Waals surface area contributed by atoms with Crippen LogP contribution in [0, 0.1) is 29.1 Å². The zero-order chi connectivity index (χ0) is 12.7. The van der Waals surface area contributed by atoms with Gasteiger partial charge < -0.3 is 9.47 Å². The average Bonchev–Trinajstić information content (AvgIpc) is 2.26. The number of hydrogen-bond acceptors (Lipinski definition) is 5. The summed E-state index contributed by atoms with van der Waals surface area (Å²) in [6, 6.07) is 1.96. The van der Waals surface area contributed by atoms with E-state index in [1.807, 2.05) is 19.9 Å². The van der Waals surface area contributed by atoms with E-state index in [9.17, 15) is 9.59 Å². The van der Waals surface area contributed by atoms with E-state index < -0.39 is 23.8 Å². The van der Waals surface area contributed by atoms with Gasteiger partial charge in [-0.25, -0.2) is 0 Å². The first kappa shape index (κ1) is 14.4. The van der Waals surface area contributed by atoms with Crippen LogP contribution in [-0.4, -0.2) is 26.2 Å². The zero-order valence-corrected chi connectivity index (χ0v) is 10.0. The fourth-order valence-corrected chi connectivity index (χ4v) is 1.45. The number of nitriles is 1. The van der Waals surface area contributed by atoms with E-state index in [1.165, 1.54) is 14.2 Å². The first-order chi connectivity index (χ1) is 7.47. The molecule has 0 N–H and O–H groups in total. The molecule has 0 aliphatic carbocycles. The van der Waals surface area contributed by atoms with Crippen LogP contribution in [0.2, 0.25) is 0 Å². The van der Waals surface area contributed by atoms with E-state index in [-0.39, 0.29) is 5.92 Å². The molecule has 0 rings (SSSR count). The third-order valence-electron chi connectivity index (χ3n) is 2.20. The highest BCUT2D eigenvalue weighted by Gasteiger charge is 2.37. The molecule has 90 valence electrons. The first-order valence-corrected chi connectivity index (χ1v) is 5.03. The van der Waals surface area contributed by atoms with Gasteiger partial charge in [-0.05, 0) is 12.3 Å². The lowest BCUT2D eigenvalue weighted by Gasteiger charge is -2.18. The van der Waals surface area contributed by atoms with E-state index in [1.54, 1.807) is 0 Å². The van der Waals surface area contributed by atoms with E-state index in [2.05, 4.69) is 9.47 Å². The maximum Gasteiger partial charge on any atom is 0.321 e. The van der Waals surface area contributed by atoms with Crippen molar-refractivity contribution in [2.75, 3.05) is 14.2 Å². The number of carbonyl (C=O) groups excluding carboxylic acids is 2. The summed E-state index contributed by atoms with van der Waals surface area (Å²) >= 11 is 0. The number of hydrogen-bond donors (Lipinski definition) is 0. The van der Waals surface area contributed by atoms with Crippen LogP contribution >= 0.6 is 0 Å². The Morgan fingerprint density at radius 3 is 1.88 bits per heavy atom. The van der Waals surface area contributed by atoms with Gasteiger partial charge in [0.2, 0.25) is 0 Å². The number of ether oxygens (including phenoxy) is 2. The third kappa shape index (κ3) is 3.89. The van der Waals surface area contributed by atoms with Crippen LogP contribution in [0.25, 0.3) is 0 Å². The Bertz CT molecular complexity index is 277. The van der Waals surface area contributed by atoms with Gasteiger partial charge in [-0.15, -0.1) is 0 Å². The maximum absolute atomic E-state index is 11.4. The Morgan fingerprint density at radius 2 is 1.62 bits per heavy atom. The van der Waals surface area contributed by atoms with Crippen LogP contribution < -0.4 is 0 Å². The molecule has 5 nitrogen and oxygen atoms in total. The normalized spacial score (nSPS) is 12.1. The smallest absolute Gasteiger partial charge is 0.321 e. The highest BCUT2D eigenvalue weighted by Crippen LogP contribution is 2.22. The standard InChI is InChI=1S/C11H17NO4/c1-7(2)5-8(6-12)9(10(13)15-3)11(14)16-4/h7-9H,5H2,1-4H3/t8-/m1/s1. The topological polar surface area (TPSA) is 76.4 Å². The number of methoxy groups -OCH3 is 2. The maximum atomic E-state index is 11.4. The van der Waals surface area contributed by atoms with Crippen molar-refractivity contribution in [3.8, 4) is 6.07 Å². The van der Waals surface area contributed by atoms with Gasteiger partial charge in [-0.2, -0.15) is 5.26 Å². The Balaban J connectivity index is 4.92. The Morgan fingerprint density at radius 1 is 1.19 bits per heavy atom. The monoisotopic (exact) mass is 227 g/mol. The quantitative estimate of drug-likeness (QED) is 0.520. The minimum atomic E-state index is -1.15. The van der Waals surface area contributed by atoms with Gasteiger partial charge >= 0.3 is 11.9 Å². The molecule has 0 bridgehead atoms. The summed E-state index contributed by atoms with van der Waals surface area (Å²) in [5.74, 6) is -3.10. The number of esters is 2. The lowest BCUT2D eigenvalue weighted by molar-refractivity contribution is -0.160. The van der Waals surface area contributed by atoms with E-state index >= 15 is 0 Å². The van der Waals surface area contributed by atoms with Crippen LogP contribution in [0.5, 0.6) is 0 Å². The predicted molar refractivity (Wildman–Crippen MR) is 56.1 cm³/mol. The minimum Gasteiger partial charge on any atom is -0.468 e. The minimum absolute atomic E-state index is 0.210. The molecule has 0 unspecified atom stereocenters. The first-order valence-electron chi connectivity index (χ1n) is 5.03. The molecule has 16 heavy (non-hydrogen) atoms. The van der Waals surface area contributed by atoms with Crippen LogP contribution in [0.1, 0.15) is 20.3 Å². The van der Waals surface area contributed by atoms with Gasteiger partial charge in [0, 0.05) is 0 Å². The SMILES string of the molecule is COC(=O)C(C(=O)OC)[C@@H](C#N)CC(C)C. The average molecular weight is 227 g/mol. The molecule has 1 atom stereocenters. The summed E-state index contributed by atoms with van der Waals surface area (Å²) in [7, 11) is 2.37. The molecule has 0 spiro atoms. The van der Waals surface area contributed by atoms with Gasteiger partial charge in [0.25, 0.3) is 0 Å². The van der Waals surface area contributed by atoms with Gasteiger partial charge in [-0.1, -0.05) is 13.8 Å². The van der Waals surface area contributed by atoms with Crippen molar-refractivity contribution in [1.82, 2.24) is 0 Å². The summed E-state index contributed by atoms with van der Waals surface area (Å²) in [6.07, 6.45) is 0.450. The Labute approximate surface area is 95.3 Å². The van der Waals surface area contributed by atoms with Gasteiger partial charge in [0.05, 0.1) is 26.2 Å². The van der Waals surface area contributed by atoms with Crippen LogP contribution in [0.15, 0.2) is 0 Å². The predicted octanol–water partition coefficient (Wildman–Crippen LogP) is 1.13. The Hall–Kier alpha value is -1.57. The number of rotatable bonds is 5. The molecule has 0 aliphatic heterocycles. The van der Waals surface area contributed by atoms with Crippen molar-refractivity contribution < 1.29 is 19.1 Å². The largest absolute Gasteiger partial charge is 0.468 e. The highest BCUT2D eigenvalue weighted by atomic mass is 16.5. The van der Waals surface area contributed by atoms with Crippen molar-refractivity contribution in [2.24, 2.45) is 17.8 Å². The second-order valence-electron chi connectivity index (χ2n) is 3.89. The summed E-state index contributed by atoms with van der Waals surface area (Å²) in [6.45, 7) is 3.83. The molecule has 0 aromatic rings. The third-order valence-corrected chi connectivity index (χ3v) is 2.20. The molecule has 0 saturated heterocycles. The van der Waals surface area contributed by atoms with Gasteiger partial charge in [0.15, 0.2) is 5.92 Å². The van der Waals surface area contributed by atoms with Crippen LogP contribution in [0.3, 0.4) is 0 Å². The van der Waals surface area contributed by atoms with Crippen molar-refractivity contribution in [2.45, 2.75) is 20.3 Å². The molecule has 0 aliphatic rings. The lowest BCUT2D eigenvalue weighted by atomic mass is 9.86. The molecule has 0 fully saturated rings. The van der Waals surface area contributed by atoms with Crippen molar-refractivity contribution >= 4 is 11.9 Å². The van der Waals surface area contributed by atoms with Crippen molar-refractivity contribution in [1.29, 1.82) is 5.26 Å². The molecule has 0 radical (unpaired) electrons. The second kappa shape index (κ2) is 6.83. The molecule has 0 saturated carbocycles. The lowest BCUT2D eigenvalue weighted by Crippen LogP contribution is -2.33. The summed E-state index contributed by atoms with van der Waals surface area (Å²) in [4.78, 5) is 22.8. The molecule has 0 aromatic heterocycles. The van der Waals surface area contributed by atoms with Gasteiger partial charge in [-0.3, -0.25) is 9.59 Å². The van der Waals surface area contributed by atoms with Crippen LogP contribution in [-0.2, 0) is 19.1 Å². The molecule has 5 heteroatoms. The molecule has 0 aromatic carbocycles. The second-order valence-corrected chi connectivity index (χ2v) is 3.89. The van der Waals surface area contributed by atoms with E-state index in [0.29, 0.717) is 6.42 Å². The fourth-order valence-electron chi connectivity index (χ4n) is 1.45. The van der Waals surface area contributed by atoms with Crippen LogP contribution in [0.4, 0.5) is 0 Å². The summed E-state index contributed by atoms with van der Waals surface area (Å²) in [5, 5.41) is 8.97. The van der Waals surface area contributed by atoms with Crippen molar-refractivity contribution in [3.63, 3.8) is 0 Å². The summed E-state index contributed by atoms with van der Waals surface area (Å²) < 4.78 is 9.02. The molecule has 0 amide bonds. The number of nitrogens with zero attached hydrogens (tertiary/aromatic N) is 1. The molecule has 0 heterocycles. The summed E-state index contributed by atoms with van der Waals surface area (Å²) in [5.41, 5.74) is 0. The molecular formula is C11H17NO4. The van der Waals surface area contributed by atoms with E-state index in [0.717, 1.165) is 0 Å². The Kier molecular flexibility index (Phi) is 6.16. The zero-order valence-electron chi connectivity index (χ0n) is 10.0. The highest BCUT2D eigenvalue weighted by molar-refractivity contribution is 5.95. The van der Waals surface area contributed by atoms with Gasteiger partial charge in [0.1, 0.15) is 0 Å². The fraction of sp³-hybridized carbons (Fsp3) is 0.727. The molecular weight excluding hydrogens is 210 g/mol. The van der Waals surface area contributed by atoms with Crippen molar-refractivity contribution in [3.05, 3.63) is 0 Å². The number of carbonyl (C=O) groups is 2.